The largest absolute Gasteiger partial charge is 0.462 e. The Labute approximate surface area is 144 Å². The lowest BCUT2D eigenvalue weighted by molar-refractivity contribution is -0.138. The highest BCUT2D eigenvalue weighted by molar-refractivity contribution is 5.90. The minimum absolute atomic E-state index is 0.246. The SMILES string of the molecule is CC(C)(C)OC=O.CCOC(=O)c1cccc(N2CCNCC2)c1. The number of carbonyl (C=O) groups is 2. The van der Waals surface area contributed by atoms with Crippen LogP contribution in [0.5, 0.6) is 0 Å². The number of piperazine rings is 1. The molecule has 1 aliphatic heterocycles. The molecule has 1 N–H and O–H groups in total. The Morgan fingerprint density at radius 3 is 2.46 bits per heavy atom. The lowest BCUT2D eigenvalue weighted by Crippen LogP contribution is -2.43. The molecule has 134 valence electrons. The van der Waals surface area contributed by atoms with Crippen LogP contribution in [0.2, 0.25) is 0 Å². The topological polar surface area (TPSA) is 67.9 Å². The molecule has 0 amide bonds. The number of ether oxygens (including phenoxy) is 2. The lowest BCUT2D eigenvalue weighted by atomic mass is 10.2. The van der Waals surface area contributed by atoms with E-state index in [0.29, 0.717) is 18.6 Å². The first-order valence-electron chi connectivity index (χ1n) is 8.21. The van der Waals surface area contributed by atoms with E-state index in [2.05, 4.69) is 15.0 Å². The zero-order valence-corrected chi connectivity index (χ0v) is 15.0. The van der Waals surface area contributed by atoms with Crippen LogP contribution >= 0.6 is 0 Å². The number of anilines is 1. The zero-order chi connectivity index (χ0) is 18.0. The van der Waals surface area contributed by atoms with Gasteiger partial charge in [0.05, 0.1) is 12.2 Å². The van der Waals surface area contributed by atoms with E-state index in [-0.39, 0.29) is 11.6 Å². The van der Waals surface area contributed by atoms with Crippen LogP contribution in [-0.4, -0.2) is 50.8 Å². The van der Waals surface area contributed by atoms with Gasteiger partial charge in [0, 0.05) is 31.9 Å². The first-order chi connectivity index (χ1) is 11.4. The van der Waals surface area contributed by atoms with Crippen LogP contribution in [0.3, 0.4) is 0 Å². The third-order valence-electron chi connectivity index (χ3n) is 3.24. The van der Waals surface area contributed by atoms with Gasteiger partial charge in [0.25, 0.3) is 6.47 Å². The van der Waals surface area contributed by atoms with Crippen LogP contribution < -0.4 is 10.2 Å². The number of rotatable bonds is 4. The van der Waals surface area contributed by atoms with E-state index in [1.165, 1.54) is 0 Å². The minimum Gasteiger partial charge on any atom is -0.462 e. The second-order valence-corrected chi connectivity index (χ2v) is 6.33. The highest BCUT2D eigenvalue weighted by Crippen LogP contribution is 2.17. The summed E-state index contributed by atoms with van der Waals surface area (Å²) in [6.45, 7) is 12.1. The first-order valence-corrected chi connectivity index (χ1v) is 8.21. The van der Waals surface area contributed by atoms with Gasteiger partial charge in [0.1, 0.15) is 5.60 Å². The predicted octanol–water partition coefficient (Wildman–Crippen LogP) is 2.23. The van der Waals surface area contributed by atoms with E-state index in [1.54, 1.807) is 6.07 Å². The van der Waals surface area contributed by atoms with Gasteiger partial charge in [-0.25, -0.2) is 4.79 Å². The molecule has 6 heteroatoms. The normalized spacial score (nSPS) is 14.2. The third-order valence-corrected chi connectivity index (χ3v) is 3.24. The standard InChI is InChI=1S/C13H18N2O2.C5H10O2/c1-2-17-13(16)11-4-3-5-12(10-11)15-8-6-14-7-9-15;1-5(2,3)7-4-6/h3-5,10,14H,2,6-9H2,1H3;4H,1-3H3. The molecule has 0 bridgehead atoms. The predicted molar refractivity (Wildman–Crippen MR) is 94.4 cm³/mol. The van der Waals surface area contributed by atoms with Crippen molar-refractivity contribution in [1.82, 2.24) is 5.32 Å². The summed E-state index contributed by atoms with van der Waals surface area (Å²) in [7, 11) is 0. The van der Waals surface area contributed by atoms with Gasteiger partial charge in [0.15, 0.2) is 0 Å². The maximum atomic E-state index is 11.6. The summed E-state index contributed by atoms with van der Waals surface area (Å²) in [6.07, 6.45) is 0. The van der Waals surface area contributed by atoms with E-state index in [0.717, 1.165) is 31.9 Å². The van der Waals surface area contributed by atoms with Gasteiger partial charge >= 0.3 is 5.97 Å². The van der Waals surface area contributed by atoms with Gasteiger partial charge in [-0.05, 0) is 45.9 Å². The summed E-state index contributed by atoms with van der Waals surface area (Å²) in [5.41, 5.74) is 1.40. The summed E-state index contributed by atoms with van der Waals surface area (Å²) in [5, 5.41) is 3.31. The highest BCUT2D eigenvalue weighted by atomic mass is 16.5. The summed E-state index contributed by atoms with van der Waals surface area (Å²) >= 11 is 0. The number of benzene rings is 1. The molecule has 0 aromatic heterocycles. The Balaban J connectivity index is 0.000000351. The van der Waals surface area contributed by atoms with Crippen molar-refractivity contribution in [2.24, 2.45) is 0 Å². The van der Waals surface area contributed by atoms with E-state index < -0.39 is 0 Å². The molecule has 1 fully saturated rings. The molecule has 0 atom stereocenters. The van der Waals surface area contributed by atoms with Gasteiger partial charge in [-0.3, -0.25) is 4.79 Å². The third kappa shape index (κ3) is 7.46. The van der Waals surface area contributed by atoms with Crippen molar-refractivity contribution in [1.29, 1.82) is 0 Å². The molecule has 0 spiro atoms. The number of hydrogen-bond donors (Lipinski definition) is 1. The van der Waals surface area contributed by atoms with Gasteiger partial charge in [0.2, 0.25) is 0 Å². The van der Waals surface area contributed by atoms with Crippen molar-refractivity contribution in [3.8, 4) is 0 Å². The van der Waals surface area contributed by atoms with Crippen LogP contribution in [0.1, 0.15) is 38.1 Å². The van der Waals surface area contributed by atoms with Crippen molar-refractivity contribution >= 4 is 18.1 Å². The molecule has 1 aliphatic rings. The Hall–Kier alpha value is -2.08. The molecule has 0 radical (unpaired) electrons. The summed E-state index contributed by atoms with van der Waals surface area (Å²) in [6, 6.07) is 7.64. The smallest absolute Gasteiger partial charge is 0.338 e. The van der Waals surface area contributed by atoms with E-state index in [9.17, 15) is 9.59 Å². The first kappa shape index (κ1) is 20.0. The monoisotopic (exact) mass is 336 g/mol. The Kier molecular flexibility index (Phi) is 8.26. The number of hydrogen-bond acceptors (Lipinski definition) is 6. The summed E-state index contributed by atoms with van der Waals surface area (Å²) < 4.78 is 9.55. The second-order valence-electron chi connectivity index (χ2n) is 6.33. The zero-order valence-electron chi connectivity index (χ0n) is 15.0. The molecule has 0 saturated carbocycles. The number of esters is 1. The molecular formula is C18H28N2O4. The van der Waals surface area contributed by atoms with Crippen LogP contribution in [0.25, 0.3) is 0 Å². The molecule has 1 aromatic carbocycles. The van der Waals surface area contributed by atoms with Crippen molar-refractivity contribution in [2.45, 2.75) is 33.3 Å². The molecule has 0 aliphatic carbocycles. The number of carbonyl (C=O) groups excluding carboxylic acids is 2. The van der Waals surface area contributed by atoms with Gasteiger partial charge in [-0.15, -0.1) is 0 Å². The quantitative estimate of drug-likeness (QED) is 0.672. The molecule has 1 saturated heterocycles. The minimum atomic E-state index is -0.318. The number of nitrogens with one attached hydrogen (secondary N) is 1. The molecule has 2 rings (SSSR count). The lowest BCUT2D eigenvalue weighted by Gasteiger charge is -2.29. The molecule has 1 aromatic rings. The van der Waals surface area contributed by atoms with Crippen molar-refractivity contribution in [2.75, 3.05) is 37.7 Å². The average molecular weight is 336 g/mol. The van der Waals surface area contributed by atoms with Crippen LogP contribution in [-0.2, 0) is 14.3 Å². The van der Waals surface area contributed by atoms with Crippen molar-refractivity contribution in [3.63, 3.8) is 0 Å². The van der Waals surface area contributed by atoms with Gasteiger partial charge < -0.3 is 19.7 Å². The maximum absolute atomic E-state index is 11.6. The molecule has 1 heterocycles. The molecule has 6 nitrogen and oxygen atoms in total. The van der Waals surface area contributed by atoms with Crippen LogP contribution in [0.4, 0.5) is 5.69 Å². The Morgan fingerprint density at radius 1 is 1.29 bits per heavy atom. The number of nitrogens with zero attached hydrogens (tertiary/aromatic N) is 1. The highest BCUT2D eigenvalue weighted by Gasteiger charge is 2.13. The van der Waals surface area contributed by atoms with E-state index >= 15 is 0 Å². The molecule has 24 heavy (non-hydrogen) atoms. The fourth-order valence-electron chi connectivity index (χ4n) is 2.11. The summed E-state index contributed by atoms with van der Waals surface area (Å²) in [5.74, 6) is -0.246. The Bertz CT molecular complexity index is 520. The van der Waals surface area contributed by atoms with Crippen LogP contribution in [0.15, 0.2) is 24.3 Å². The van der Waals surface area contributed by atoms with Gasteiger partial charge in [-0.1, -0.05) is 6.07 Å². The molecular weight excluding hydrogens is 308 g/mol. The Morgan fingerprint density at radius 2 is 1.96 bits per heavy atom. The van der Waals surface area contributed by atoms with E-state index in [4.69, 9.17) is 4.74 Å². The van der Waals surface area contributed by atoms with Gasteiger partial charge in [-0.2, -0.15) is 0 Å². The maximum Gasteiger partial charge on any atom is 0.338 e. The van der Waals surface area contributed by atoms with Crippen molar-refractivity contribution in [3.05, 3.63) is 29.8 Å². The fourth-order valence-corrected chi connectivity index (χ4v) is 2.11. The molecule has 0 unspecified atom stereocenters. The van der Waals surface area contributed by atoms with Crippen LogP contribution in [0, 0.1) is 0 Å². The van der Waals surface area contributed by atoms with E-state index in [1.807, 2.05) is 45.9 Å². The average Bonchev–Trinajstić information content (AvgIpc) is 2.55. The second kappa shape index (κ2) is 9.93. The van der Waals surface area contributed by atoms with Crippen molar-refractivity contribution < 1.29 is 19.1 Å². The fraction of sp³-hybridized carbons (Fsp3) is 0.556. The summed E-state index contributed by atoms with van der Waals surface area (Å²) in [4.78, 5) is 23.5.